The molecule has 0 aliphatic rings. The van der Waals surface area contributed by atoms with Gasteiger partial charge in [-0.25, -0.2) is 0 Å². The first-order valence-corrected chi connectivity index (χ1v) is 11.6. The van der Waals surface area contributed by atoms with E-state index in [1.54, 1.807) is 30.4 Å². The van der Waals surface area contributed by atoms with Gasteiger partial charge >= 0.3 is 0 Å². The van der Waals surface area contributed by atoms with Crippen molar-refractivity contribution in [1.82, 2.24) is 5.32 Å². The molecule has 0 saturated heterocycles. The second-order valence-corrected chi connectivity index (χ2v) is 8.38. The summed E-state index contributed by atoms with van der Waals surface area (Å²) in [4.78, 5) is 27.0. The molecule has 0 bridgehead atoms. The molecule has 4 rings (SSSR count). The number of fused-ring (bicyclic) bond motifs is 1. The lowest BCUT2D eigenvalue weighted by Crippen LogP contribution is -2.46. The number of hydrogen-bond acceptors (Lipinski definition) is 3. The lowest BCUT2D eigenvalue weighted by molar-refractivity contribution is -0.118. The molecule has 0 unspecified atom stereocenters. The fourth-order valence-electron chi connectivity index (χ4n) is 4.20. The fourth-order valence-corrected chi connectivity index (χ4v) is 4.20. The smallest absolute Gasteiger partial charge is 0.252 e. The molecule has 4 aromatic carbocycles. The third-order valence-electron chi connectivity index (χ3n) is 6.00. The molecule has 178 valence electrons. The third-order valence-corrected chi connectivity index (χ3v) is 6.00. The van der Waals surface area contributed by atoms with Gasteiger partial charge in [-0.15, -0.1) is 0 Å². The predicted molar refractivity (Wildman–Crippen MR) is 148 cm³/mol. The molecule has 0 aliphatic heterocycles. The molecule has 3 N–H and O–H groups in total. The van der Waals surface area contributed by atoms with Crippen LogP contribution in [0.4, 0.5) is 5.69 Å². The fraction of sp³-hybridized carbons (Fsp3) is 0.0645. The van der Waals surface area contributed by atoms with E-state index in [9.17, 15) is 9.59 Å². The standard InChI is InChI=1S/C31H27N3O2/c1-3-10-24-21(2)11-9-16-28(24)33-31(36)29(19-22-12-5-4-6-13-22)34-30(35)27-18-17-23(20-32)25-14-7-8-15-26(25)27/h3-18,20,29,32H,1-2,19H2,(H,33,36)(H,34,35)/b24-10+,32-20?/t29-/m0/s1. The van der Waals surface area contributed by atoms with Crippen LogP contribution >= 0.6 is 0 Å². The van der Waals surface area contributed by atoms with Crippen LogP contribution in [0.1, 0.15) is 21.5 Å². The van der Waals surface area contributed by atoms with Crippen molar-refractivity contribution >= 4 is 47.1 Å². The van der Waals surface area contributed by atoms with Crippen molar-refractivity contribution in [1.29, 1.82) is 5.41 Å². The van der Waals surface area contributed by atoms with Crippen LogP contribution in [-0.2, 0) is 11.2 Å². The minimum Gasteiger partial charge on any atom is -0.340 e. The van der Waals surface area contributed by atoms with Crippen molar-refractivity contribution in [3.8, 4) is 0 Å². The number of amides is 2. The lowest BCUT2D eigenvalue weighted by atomic mass is 9.98. The predicted octanol–water partition coefficient (Wildman–Crippen LogP) is 4.19. The maximum atomic E-state index is 13.5. The molecule has 2 amide bonds. The van der Waals surface area contributed by atoms with Gasteiger partial charge in [-0.1, -0.05) is 98.1 Å². The number of nitrogens with one attached hydrogen (secondary N) is 3. The molecule has 0 aromatic heterocycles. The molecule has 0 radical (unpaired) electrons. The van der Waals surface area contributed by atoms with Crippen molar-refractivity contribution in [2.45, 2.75) is 12.5 Å². The summed E-state index contributed by atoms with van der Waals surface area (Å²) in [5.41, 5.74) is 2.69. The topological polar surface area (TPSA) is 82.1 Å². The van der Waals surface area contributed by atoms with Crippen molar-refractivity contribution in [3.63, 3.8) is 0 Å². The monoisotopic (exact) mass is 473 g/mol. The normalized spacial score (nSPS) is 12.1. The van der Waals surface area contributed by atoms with Gasteiger partial charge in [0, 0.05) is 29.1 Å². The number of anilines is 1. The van der Waals surface area contributed by atoms with Crippen LogP contribution in [0.15, 0.2) is 97.6 Å². The molecule has 5 heteroatoms. The Hall–Kier alpha value is -4.77. The van der Waals surface area contributed by atoms with E-state index in [2.05, 4.69) is 23.8 Å². The van der Waals surface area contributed by atoms with Gasteiger partial charge in [-0.3, -0.25) is 9.59 Å². The van der Waals surface area contributed by atoms with Crippen LogP contribution in [0.25, 0.3) is 23.4 Å². The molecule has 0 aliphatic carbocycles. The number of allylic oxidation sites excluding steroid dienone is 1. The number of carbonyl (C=O) groups is 2. The van der Waals surface area contributed by atoms with E-state index in [0.29, 0.717) is 17.7 Å². The van der Waals surface area contributed by atoms with Crippen molar-refractivity contribution in [3.05, 3.63) is 125 Å². The SMILES string of the molecule is C=C/C=c1/c(NC(=O)[C@H](Cc2ccccc2)NC(=O)c2ccc(C=N)c3ccccc23)cccc1=C. The van der Waals surface area contributed by atoms with Gasteiger partial charge < -0.3 is 16.0 Å². The largest absolute Gasteiger partial charge is 0.340 e. The minimum atomic E-state index is -0.828. The summed E-state index contributed by atoms with van der Waals surface area (Å²) >= 11 is 0. The van der Waals surface area contributed by atoms with Gasteiger partial charge in [0.1, 0.15) is 6.04 Å². The highest BCUT2D eigenvalue weighted by molar-refractivity contribution is 6.12. The Morgan fingerprint density at radius 1 is 0.889 bits per heavy atom. The van der Waals surface area contributed by atoms with Gasteiger partial charge in [0.15, 0.2) is 0 Å². The summed E-state index contributed by atoms with van der Waals surface area (Å²) in [6.07, 6.45) is 5.02. The Bertz CT molecular complexity index is 1560. The van der Waals surface area contributed by atoms with Crippen LogP contribution < -0.4 is 21.1 Å². The number of rotatable bonds is 8. The van der Waals surface area contributed by atoms with E-state index in [-0.39, 0.29) is 11.8 Å². The summed E-state index contributed by atoms with van der Waals surface area (Å²) in [6.45, 7) is 7.79. The maximum absolute atomic E-state index is 13.5. The molecule has 0 fully saturated rings. The Labute approximate surface area is 210 Å². The van der Waals surface area contributed by atoms with Crippen LogP contribution in [0, 0.1) is 5.41 Å². The van der Waals surface area contributed by atoms with Crippen LogP contribution in [0.2, 0.25) is 0 Å². The second kappa shape index (κ2) is 11.1. The van der Waals surface area contributed by atoms with Gasteiger partial charge in [0.25, 0.3) is 5.91 Å². The van der Waals surface area contributed by atoms with Crippen LogP contribution in [-0.4, -0.2) is 24.1 Å². The molecule has 0 spiro atoms. The highest BCUT2D eigenvalue weighted by atomic mass is 16.2. The minimum absolute atomic E-state index is 0.319. The van der Waals surface area contributed by atoms with Gasteiger partial charge in [0.05, 0.1) is 0 Å². The highest BCUT2D eigenvalue weighted by Gasteiger charge is 2.23. The zero-order chi connectivity index (χ0) is 25.5. The molecule has 5 nitrogen and oxygen atoms in total. The Morgan fingerprint density at radius 3 is 2.33 bits per heavy atom. The zero-order valence-electron chi connectivity index (χ0n) is 19.8. The molecular weight excluding hydrogens is 446 g/mol. The Kier molecular flexibility index (Phi) is 7.51. The van der Waals surface area contributed by atoms with Gasteiger partial charge in [-0.2, -0.15) is 0 Å². The molecule has 0 saturated carbocycles. The van der Waals surface area contributed by atoms with E-state index in [4.69, 9.17) is 5.41 Å². The lowest BCUT2D eigenvalue weighted by Gasteiger charge is -2.20. The van der Waals surface area contributed by atoms with Crippen LogP contribution in [0.5, 0.6) is 0 Å². The van der Waals surface area contributed by atoms with E-state index in [1.165, 1.54) is 6.21 Å². The van der Waals surface area contributed by atoms with E-state index >= 15 is 0 Å². The van der Waals surface area contributed by atoms with Crippen LogP contribution in [0.3, 0.4) is 0 Å². The molecule has 4 aromatic rings. The average Bonchev–Trinajstić information content (AvgIpc) is 2.90. The quantitative estimate of drug-likeness (QED) is 0.335. The molecule has 0 heterocycles. The molecular formula is C31H27N3O2. The van der Waals surface area contributed by atoms with Gasteiger partial charge in [0.2, 0.25) is 5.91 Å². The second-order valence-electron chi connectivity index (χ2n) is 8.38. The first kappa shape index (κ1) is 24.4. The summed E-state index contributed by atoms with van der Waals surface area (Å²) in [7, 11) is 0. The molecule has 36 heavy (non-hydrogen) atoms. The average molecular weight is 474 g/mol. The van der Waals surface area contributed by atoms with Crippen molar-refractivity contribution in [2.75, 3.05) is 5.32 Å². The summed E-state index contributed by atoms with van der Waals surface area (Å²) in [5.74, 6) is -0.695. The van der Waals surface area contributed by atoms with E-state index in [1.807, 2.05) is 66.7 Å². The summed E-state index contributed by atoms with van der Waals surface area (Å²) < 4.78 is 0. The zero-order valence-corrected chi connectivity index (χ0v) is 19.8. The number of hydrogen-bond donors (Lipinski definition) is 3. The first-order valence-electron chi connectivity index (χ1n) is 11.6. The Balaban J connectivity index is 1.68. The molecule has 1 atom stereocenters. The first-order chi connectivity index (χ1) is 17.5. The summed E-state index contributed by atoms with van der Waals surface area (Å²) in [6, 6.07) is 25.1. The number of carbonyl (C=O) groups excluding carboxylic acids is 2. The number of benzene rings is 4. The van der Waals surface area contributed by atoms with Crippen molar-refractivity contribution in [2.24, 2.45) is 0 Å². The van der Waals surface area contributed by atoms with E-state index < -0.39 is 6.04 Å². The highest BCUT2D eigenvalue weighted by Crippen LogP contribution is 2.22. The third kappa shape index (κ3) is 5.31. The van der Waals surface area contributed by atoms with E-state index in [0.717, 1.165) is 32.3 Å². The Morgan fingerprint density at radius 2 is 1.61 bits per heavy atom. The summed E-state index contributed by atoms with van der Waals surface area (Å²) in [5, 5.41) is 16.6. The maximum Gasteiger partial charge on any atom is 0.252 e. The van der Waals surface area contributed by atoms with Crippen molar-refractivity contribution < 1.29 is 9.59 Å². The van der Waals surface area contributed by atoms with Gasteiger partial charge in [-0.05, 0) is 39.3 Å².